The second-order valence-corrected chi connectivity index (χ2v) is 18.5. The van der Waals surface area contributed by atoms with E-state index in [1.807, 2.05) is 182 Å². The van der Waals surface area contributed by atoms with E-state index in [1.54, 1.807) is 0 Å². The van der Waals surface area contributed by atoms with Crippen molar-refractivity contribution in [2.75, 3.05) is 9.80 Å². The van der Waals surface area contributed by atoms with Crippen molar-refractivity contribution in [1.82, 2.24) is 44.9 Å². The molecule has 11 nitrogen and oxygen atoms in total. The van der Waals surface area contributed by atoms with Crippen LogP contribution in [0.1, 0.15) is 11.1 Å². The van der Waals surface area contributed by atoms with Gasteiger partial charge in [-0.15, -0.1) is 0 Å². The molecule has 11 heteroatoms. The highest BCUT2D eigenvalue weighted by Gasteiger charge is 2.35. The zero-order valence-corrected chi connectivity index (χ0v) is 41.4. The van der Waals surface area contributed by atoms with Crippen molar-refractivity contribution in [1.29, 1.82) is 0 Å². The van der Waals surface area contributed by atoms with E-state index in [9.17, 15) is 0 Å². The van der Waals surface area contributed by atoms with Crippen molar-refractivity contribution in [3.8, 4) is 91.1 Å². The molecule has 0 unspecified atom stereocenters. The Kier molecular flexibility index (Phi) is 11.7. The number of hydrogen-bond donors (Lipinski definition) is 0. The van der Waals surface area contributed by atoms with E-state index < -0.39 is 0 Å². The molecule has 0 saturated carbocycles. The van der Waals surface area contributed by atoms with Gasteiger partial charge in [0.25, 0.3) is 0 Å². The average molecular weight is 980 g/mol. The van der Waals surface area contributed by atoms with Crippen LogP contribution < -0.4 is 9.80 Å². The Morgan fingerprint density at radius 2 is 0.513 bits per heavy atom. The Hall–Kier alpha value is -10.4. The van der Waals surface area contributed by atoms with E-state index in [2.05, 4.69) is 78.2 Å². The summed E-state index contributed by atoms with van der Waals surface area (Å²) in [5, 5.41) is 0. The number of aryl methyl sites for hydroxylation is 2. The predicted molar refractivity (Wildman–Crippen MR) is 302 cm³/mol. The predicted octanol–water partition coefficient (Wildman–Crippen LogP) is 15.4. The van der Waals surface area contributed by atoms with E-state index >= 15 is 0 Å². The molecule has 0 spiro atoms. The van der Waals surface area contributed by atoms with Gasteiger partial charge in [0.1, 0.15) is 0 Å². The minimum atomic E-state index is 0.465. The van der Waals surface area contributed by atoms with Crippen LogP contribution in [0.5, 0.6) is 0 Å². The van der Waals surface area contributed by atoms with E-state index in [4.69, 9.17) is 44.9 Å². The molecule has 1 aliphatic heterocycles. The van der Waals surface area contributed by atoms with Gasteiger partial charge < -0.3 is 4.90 Å². The zero-order chi connectivity index (χ0) is 51.0. The fourth-order valence-electron chi connectivity index (χ4n) is 9.55. The molecule has 0 fully saturated rings. The fourth-order valence-corrected chi connectivity index (χ4v) is 9.55. The van der Waals surface area contributed by atoms with Gasteiger partial charge >= 0.3 is 0 Å². The first-order valence-electron chi connectivity index (χ1n) is 25.0. The Labute approximate surface area is 439 Å². The maximum Gasteiger partial charge on any atom is 0.238 e. The monoisotopic (exact) mass is 979 g/mol. The van der Waals surface area contributed by atoms with Crippen LogP contribution in [0.3, 0.4) is 0 Å². The SMILES string of the molecule is Cc1ccc2c(c1)N(c1nc(-c3ccccc3)nc(-c3ccccc3)n1)c1cc(C)ccc1N2c1ccc(-c2nc(-c3ccccc3)nc(-c3ccccc3)n2)cc1-c1nc(-c2ccccc2)nc(-c2ccccc2)n1. The van der Waals surface area contributed by atoms with Crippen LogP contribution in [-0.2, 0) is 0 Å². The molecule has 0 amide bonds. The summed E-state index contributed by atoms with van der Waals surface area (Å²) in [6, 6.07) is 79.5. The van der Waals surface area contributed by atoms with Crippen LogP contribution in [0.25, 0.3) is 91.1 Å². The van der Waals surface area contributed by atoms with Crippen LogP contribution in [0.15, 0.2) is 237 Å². The first kappa shape index (κ1) is 45.5. The van der Waals surface area contributed by atoms with Gasteiger partial charge in [-0.3, -0.25) is 4.90 Å². The molecule has 0 aliphatic carbocycles. The third kappa shape index (κ3) is 8.77. The topological polar surface area (TPSA) is 122 Å². The van der Waals surface area contributed by atoms with Crippen molar-refractivity contribution in [3.63, 3.8) is 0 Å². The summed E-state index contributed by atoms with van der Waals surface area (Å²) in [6.45, 7) is 4.21. The number of aromatic nitrogens is 9. The second kappa shape index (κ2) is 19.6. The highest BCUT2D eigenvalue weighted by Crippen LogP contribution is 2.56. The molecule has 0 saturated heterocycles. The highest BCUT2D eigenvalue weighted by molar-refractivity contribution is 6.03. The molecule has 13 rings (SSSR count). The minimum Gasteiger partial charge on any atom is -0.306 e. The summed E-state index contributed by atoms with van der Waals surface area (Å²) in [6.07, 6.45) is 0. The maximum absolute atomic E-state index is 5.36. The quantitative estimate of drug-likeness (QED) is 0.130. The van der Waals surface area contributed by atoms with Crippen LogP contribution in [0.2, 0.25) is 0 Å². The first-order chi connectivity index (χ1) is 37.5. The zero-order valence-electron chi connectivity index (χ0n) is 41.4. The van der Waals surface area contributed by atoms with Crippen molar-refractivity contribution in [2.45, 2.75) is 13.8 Å². The minimum absolute atomic E-state index is 0.465. The van der Waals surface area contributed by atoms with Gasteiger partial charge in [-0.05, 0) is 67.4 Å². The van der Waals surface area contributed by atoms with Crippen molar-refractivity contribution in [2.24, 2.45) is 0 Å². The molecule has 76 heavy (non-hydrogen) atoms. The summed E-state index contributed by atoms with van der Waals surface area (Å²) in [4.78, 5) is 51.3. The standard InChI is InChI=1S/C65H45N11/c1-42-33-36-53-55(39-42)76(65-73-61(48-29-17-7-18-30-48)70-62(74-65)49-31-19-8-20-32-49)56-40-43(2)34-37-54(56)75(53)52-38-35-50(63-68-57(44-21-9-3-10-22-44)66-58(69-63)45-23-11-4-12-24-45)41-51(52)64-71-59(46-25-13-5-14-26-46)67-60(72-64)47-27-15-6-16-28-47/h3-41H,1-2H3. The lowest BCUT2D eigenvalue weighted by molar-refractivity contribution is 1.01. The molecule has 0 atom stereocenters. The Balaban J connectivity index is 1.07. The lowest BCUT2D eigenvalue weighted by atomic mass is 9.99. The number of anilines is 6. The van der Waals surface area contributed by atoms with Gasteiger partial charge in [0.05, 0.1) is 28.4 Å². The molecule has 3 aromatic heterocycles. The van der Waals surface area contributed by atoms with Crippen LogP contribution in [0, 0.1) is 13.8 Å². The number of fused-ring (bicyclic) bond motifs is 2. The van der Waals surface area contributed by atoms with Crippen LogP contribution >= 0.6 is 0 Å². The average Bonchev–Trinajstić information content (AvgIpc) is 3.52. The molecule has 1 aliphatic rings. The van der Waals surface area contributed by atoms with Gasteiger partial charge in [0, 0.05) is 44.5 Å². The van der Waals surface area contributed by atoms with Crippen LogP contribution in [0.4, 0.5) is 34.4 Å². The van der Waals surface area contributed by atoms with Gasteiger partial charge in [0.2, 0.25) is 5.95 Å². The molecule has 4 heterocycles. The molecule has 0 bridgehead atoms. The van der Waals surface area contributed by atoms with E-state index in [-0.39, 0.29) is 0 Å². The first-order valence-corrected chi connectivity index (χ1v) is 25.0. The van der Waals surface area contributed by atoms with Gasteiger partial charge in [-0.2, -0.15) is 9.97 Å². The second-order valence-electron chi connectivity index (χ2n) is 18.5. The molecule has 0 radical (unpaired) electrons. The van der Waals surface area contributed by atoms with Crippen molar-refractivity contribution < 1.29 is 0 Å². The summed E-state index contributed by atoms with van der Waals surface area (Å²) in [5.41, 5.74) is 13.2. The normalized spacial score (nSPS) is 11.8. The molecular weight excluding hydrogens is 935 g/mol. The van der Waals surface area contributed by atoms with Crippen molar-refractivity contribution in [3.05, 3.63) is 248 Å². The van der Waals surface area contributed by atoms with E-state index in [0.29, 0.717) is 52.5 Å². The molecule has 360 valence electrons. The molecule has 0 N–H and O–H groups in total. The Morgan fingerprint density at radius 1 is 0.224 bits per heavy atom. The number of hydrogen-bond acceptors (Lipinski definition) is 11. The smallest absolute Gasteiger partial charge is 0.238 e. The summed E-state index contributed by atoms with van der Waals surface area (Å²) in [7, 11) is 0. The summed E-state index contributed by atoms with van der Waals surface area (Å²) >= 11 is 0. The third-order valence-corrected chi connectivity index (χ3v) is 13.2. The Bertz CT molecular complexity index is 3840. The van der Waals surface area contributed by atoms with Crippen molar-refractivity contribution >= 4 is 34.4 Å². The summed E-state index contributed by atoms with van der Waals surface area (Å²) in [5.74, 6) is 4.76. The Morgan fingerprint density at radius 3 is 0.855 bits per heavy atom. The lowest BCUT2D eigenvalue weighted by Crippen LogP contribution is -2.26. The van der Waals surface area contributed by atoms with E-state index in [1.165, 1.54) is 0 Å². The lowest BCUT2D eigenvalue weighted by Gasteiger charge is -2.40. The highest BCUT2D eigenvalue weighted by atomic mass is 15.3. The van der Waals surface area contributed by atoms with Gasteiger partial charge in [-0.1, -0.05) is 194 Å². The maximum atomic E-state index is 5.36. The third-order valence-electron chi connectivity index (χ3n) is 13.2. The number of nitrogens with zero attached hydrogens (tertiary/aromatic N) is 11. The molecule has 9 aromatic carbocycles. The molecule has 12 aromatic rings. The largest absolute Gasteiger partial charge is 0.306 e. The fraction of sp³-hybridized carbons (Fsp3) is 0.0308. The van der Waals surface area contributed by atoms with Gasteiger partial charge in [-0.25, -0.2) is 34.9 Å². The van der Waals surface area contributed by atoms with E-state index in [0.717, 1.165) is 84.1 Å². The molecular formula is C65H45N11. The van der Waals surface area contributed by atoms with Gasteiger partial charge in [0.15, 0.2) is 46.6 Å². The summed E-state index contributed by atoms with van der Waals surface area (Å²) < 4.78 is 0. The number of rotatable bonds is 10. The van der Waals surface area contributed by atoms with Crippen LogP contribution in [-0.4, -0.2) is 44.9 Å². The number of benzene rings is 9.